The summed E-state index contributed by atoms with van der Waals surface area (Å²) >= 11 is -2.14. The molecule has 6 nitrogen and oxygen atoms in total. The molecule has 5 unspecified atom stereocenters. The van der Waals surface area contributed by atoms with Gasteiger partial charge in [0.15, 0.2) is 0 Å². The smallest absolute Gasteiger partial charge is 0.262 e. The molecule has 208 valence electrons. The molecule has 2 saturated heterocycles. The molecule has 2 bridgehead atoms. The molecular weight excluding hydrogens is 506 g/mol. The first-order chi connectivity index (χ1) is 18.8. The average molecular weight is 548 g/mol. The molecular formula is C32H41N3O3S. The summed E-state index contributed by atoms with van der Waals surface area (Å²) in [7, 11) is 1.68. The number of methoxy groups -OCH3 is 1. The lowest BCUT2D eigenvalue weighted by Gasteiger charge is -2.36. The number of piperidine rings is 1. The molecule has 0 aliphatic carbocycles. The van der Waals surface area contributed by atoms with Gasteiger partial charge in [0, 0.05) is 42.2 Å². The molecule has 2 N–H and O–H groups in total. The zero-order chi connectivity index (χ0) is 27.6. The summed E-state index contributed by atoms with van der Waals surface area (Å²) in [5, 5.41) is 3.97. The Morgan fingerprint density at radius 3 is 2.26 bits per heavy atom. The second-order valence-electron chi connectivity index (χ2n) is 11.8. The van der Waals surface area contributed by atoms with Gasteiger partial charge in [0.05, 0.1) is 12.8 Å². The molecule has 3 aromatic carbocycles. The van der Waals surface area contributed by atoms with Crippen LogP contribution in [-0.2, 0) is 17.8 Å². The van der Waals surface area contributed by atoms with Gasteiger partial charge in [-0.15, -0.1) is 0 Å². The van der Waals surface area contributed by atoms with Gasteiger partial charge < -0.3 is 10.1 Å². The summed E-state index contributed by atoms with van der Waals surface area (Å²) < 4.78 is 29.6. The van der Waals surface area contributed by atoms with Crippen molar-refractivity contribution in [2.75, 3.05) is 24.5 Å². The predicted octanol–water partition coefficient (Wildman–Crippen LogP) is 5.82. The van der Waals surface area contributed by atoms with E-state index < -0.39 is 16.8 Å². The summed E-state index contributed by atoms with van der Waals surface area (Å²) in [6.45, 7) is 8.67. The van der Waals surface area contributed by atoms with Crippen molar-refractivity contribution in [3.63, 3.8) is 0 Å². The van der Waals surface area contributed by atoms with Crippen molar-refractivity contribution in [1.82, 2.24) is 10.2 Å². The highest BCUT2D eigenvalue weighted by Gasteiger charge is 2.47. The van der Waals surface area contributed by atoms with Crippen LogP contribution >= 0.6 is 0 Å². The monoisotopic (exact) mass is 547 g/mol. The standard InChI is InChI=1S/C32H41N3O3S/c1-32(2,3)35(39(36)37)27-17-18-28(38-4)26(20-27)21-33-30-25-16-11-19-34(22-25)31(30)29(23-12-7-5-8-13-23)24-14-9-6-10-15-24/h5-10,12-15,17-18,20,25,29-31,33H,11,16,19,21-22H2,1-4H3,(H,36,37). The van der Waals surface area contributed by atoms with E-state index in [-0.39, 0.29) is 5.92 Å². The maximum Gasteiger partial charge on any atom is 0.262 e. The van der Waals surface area contributed by atoms with Crippen LogP contribution in [0.2, 0.25) is 0 Å². The van der Waals surface area contributed by atoms with E-state index in [1.54, 1.807) is 7.11 Å². The summed E-state index contributed by atoms with van der Waals surface area (Å²) in [5.41, 5.74) is 3.87. The lowest BCUT2D eigenvalue weighted by atomic mass is 9.80. The highest BCUT2D eigenvalue weighted by atomic mass is 32.2. The number of hydrogen-bond donors (Lipinski definition) is 2. The van der Waals surface area contributed by atoms with Gasteiger partial charge in [-0.3, -0.25) is 13.8 Å². The number of rotatable bonds is 9. The van der Waals surface area contributed by atoms with Crippen LogP contribution in [0.3, 0.4) is 0 Å². The van der Waals surface area contributed by atoms with Gasteiger partial charge in [-0.1, -0.05) is 60.7 Å². The molecule has 39 heavy (non-hydrogen) atoms. The Morgan fingerprint density at radius 1 is 1.05 bits per heavy atom. The van der Waals surface area contributed by atoms with Crippen LogP contribution in [0.4, 0.5) is 5.69 Å². The molecule has 0 aromatic heterocycles. The van der Waals surface area contributed by atoms with Gasteiger partial charge in [0.25, 0.3) is 11.3 Å². The molecule has 2 aliphatic rings. The van der Waals surface area contributed by atoms with Crippen molar-refractivity contribution >= 4 is 17.0 Å². The third-order valence-electron chi connectivity index (χ3n) is 8.24. The minimum atomic E-state index is -2.14. The number of nitrogens with one attached hydrogen (secondary N) is 1. The fourth-order valence-corrected chi connectivity index (χ4v) is 7.45. The Hall–Kier alpha value is -2.71. The maximum absolute atomic E-state index is 12.3. The number of hydrogen-bond acceptors (Lipinski definition) is 4. The van der Waals surface area contributed by atoms with Crippen molar-refractivity contribution in [2.45, 2.75) is 63.7 Å². The van der Waals surface area contributed by atoms with Gasteiger partial charge in [-0.05, 0) is 75.4 Å². The van der Waals surface area contributed by atoms with Crippen LogP contribution in [0.25, 0.3) is 0 Å². The first-order valence-corrected chi connectivity index (χ1v) is 15.0. The Balaban J connectivity index is 1.48. The summed E-state index contributed by atoms with van der Waals surface area (Å²) in [6, 6.07) is 28.2. The fourth-order valence-electron chi connectivity index (χ4n) is 6.69. The molecule has 0 radical (unpaired) electrons. The molecule has 0 spiro atoms. The number of ether oxygens (including phenoxy) is 1. The van der Waals surface area contributed by atoms with Crippen molar-refractivity contribution in [3.05, 3.63) is 95.6 Å². The van der Waals surface area contributed by atoms with E-state index in [2.05, 4.69) is 70.9 Å². The van der Waals surface area contributed by atoms with E-state index in [0.29, 0.717) is 30.2 Å². The molecule has 7 heteroatoms. The molecule has 0 saturated carbocycles. The van der Waals surface area contributed by atoms with Gasteiger partial charge in [0.1, 0.15) is 5.75 Å². The Labute approximate surface area is 235 Å². The molecule has 2 aliphatic heterocycles. The van der Waals surface area contributed by atoms with Crippen molar-refractivity contribution in [1.29, 1.82) is 0 Å². The van der Waals surface area contributed by atoms with Gasteiger partial charge in [-0.25, -0.2) is 4.21 Å². The first kappa shape index (κ1) is 27.8. The summed E-state index contributed by atoms with van der Waals surface area (Å²) in [4.78, 5) is 2.69. The molecule has 2 fully saturated rings. The maximum atomic E-state index is 12.3. The lowest BCUT2D eigenvalue weighted by molar-refractivity contribution is 0.204. The topological polar surface area (TPSA) is 65.0 Å². The Morgan fingerprint density at radius 2 is 1.69 bits per heavy atom. The van der Waals surface area contributed by atoms with Crippen LogP contribution in [-0.4, -0.2) is 51.5 Å². The minimum absolute atomic E-state index is 0.259. The summed E-state index contributed by atoms with van der Waals surface area (Å²) in [5.74, 6) is 1.61. The van der Waals surface area contributed by atoms with Gasteiger partial charge >= 0.3 is 0 Å². The summed E-state index contributed by atoms with van der Waals surface area (Å²) in [6.07, 6.45) is 2.44. The van der Waals surface area contributed by atoms with E-state index in [1.807, 2.05) is 39.0 Å². The van der Waals surface area contributed by atoms with E-state index in [4.69, 9.17) is 4.74 Å². The van der Waals surface area contributed by atoms with Gasteiger partial charge in [-0.2, -0.15) is 0 Å². The molecule has 0 amide bonds. The second-order valence-corrected chi connectivity index (χ2v) is 12.6. The third-order valence-corrected chi connectivity index (χ3v) is 9.31. The number of nitrogens with zero attached hydrogens (tertiary/aromatic N) is 2. The fraction of sp³-hybridized carbons (Fsp3) is 0.438. The van der Waals surface area contributed by atoms with Gasteiger partial charge in [0.2, 0.25) is 0 Å². The molecule has 5 atom stereocenters. The number of benzene rings is 3. The normalized spacial score (nSPS) is 23.5. The average Bonchev–Trinajstić information content (AvgIpc) is 3.16. The van der Waals surface area contributed by atoms with E-state index in [1.165, 1.54) is 28.3 Å². The third kappa shape index (κ3) is 5.92. The lowest BCUT2D eigenvalue weighted by Crippen LogP contribution is -2.47. The van der Waals surface area contributed by atoms with Crippen molar-refractivity contribution in [3.8, 4) is 5.75 Å². The number of fused-ring (bicyclic) bond motifs is 2. The van der Waals surface area contributed by atoms with E-state index >= 15 is 0 Å². The van der Waals surface area contributed by atoms with Crippen molar-refractivity contribution in [2.24, 2.45) is 5.92 Å². The van der Waals surface area contributed by atoms with Crippen LogP contribution in [0.5, 0.6) is 5.75 Å². The zero-order valence-electron chi connectivity index (χ0n) is 23.4. The van der Waals surface area contributed by atoms with E-state index in [0.717, 1.165) is 24.4 Å². The van der Waals surface area contributed by atoms with Crippen LogP contribution in [0.1, 0.15) is 56.2 Å². The minimum Gasteiger partial charge on any atom is -0.496 e. The highest BCUT2D eigenvalue weighted by Crippen LogP contribution is 2.42. The first-order valence-electron chi connectivity index (χ1n) is 13.9. The van der Waals surface area contributed by atoms with Crippen molar-refractivity contribution < 1.29 is 13.5 Å². The SMILES string of the molecule is COc1ccc(N(S(=O)O)C(C)(C)C)cc1CNC1C2CCCN(C2)C1C(c1ccccc1)c1ccccc1. The quantitative estimate of drug-likeness (QED) is 0.331. The predicted molar refractivity (Wildman–Crippen MR) is 159 cm³/mol. The largest absolute Gasteiger partial charge is 0.496 e. The molecule has 5 rings (SSSR count). The zero-order valence-corrected chi connectivity index (χ0v) is 24.2. The molecule has 2 heterocycles. The van der Waals surface area contributed by atoms with Crippen LogP contribution in [0.15, 0.2) is 78.9 Å². The molecule has 3 aromatic rings. The Kier molecular flexibility index (Phi) is 8.43. The second kappa shape index (κ2) is 11.8. The highest BCUT2D eigenvalue weighted by molar-refractivity contribution is 7.80. The van der Waals surface area contributed by atoms with Crippen LogP contribution < -0.4 is 14.4 Å². The van der Waals surface area contributed by atoms with Crippen LogP contribution in [0, 0.1) is 5.92 Å². The van der Waals surface area contributed by atoms with E-state index in [9.17, 15) is 8.76 Å². The Bertz CT molecular complexity index is 1230. The number of anilines is 1.